The monoisotopic (exact) mass is 301 g/mol. The Bertz CT molecular complexity index is 572. The van der Waals surface area contributed by atoms with Gasteiger partial charge in [-0.15, -0.1) is 0 Å². The van der Waals surface area contributed by atoms with Gasteiger partial charge in [-0.2, -0.15) is 0 Å². The molecule has 112 valence electrons. The summed E-state index contributed by atoms with van der Waals surface area (Å²) >= 11 is 0. The summed E-state index contributed by atoms with van der Waals surface area (Å²) in [5.74, 6) is 0.531. The molecule has 0 spiro atoms. The van der Waals surface area contributed by atoms with Gasteiger partial charge in [0.05, 0.1) is 12.0 Å². The summed E-state index contributed by atoms with van der Waals surface area (Å²) in [5.41, 5.74) is -0.763. The van der Waals surface area contributed by atoms with Crippen molar-refractivity contribution in [2.24, 2.45) is 0 Å². The van der Waals surface area contributed by atoms with Gasteiger partial charge in [0.25, 0.3) is 10.0 Å². The highest BCUT2D eigenvalue weighted by molar-refractivity contribution is 7.89. The molecule has 0 aromatic heterocycles. The Morgan fingerprint density at radius 2 is 1.65 bits per heavy atom. The van der Waals surface area contributed by atoms with Gasteiger partial charge in [0, 0.05) is 7.05 Å². The van der Waals surface area contributed by atoms with Crippen LogP contribution in [0, 0.1) is 0 Å². The van der Waals surface area contributed by atoms with Crippen LogP contribution >= 0.6 is 0 Å². The summed E-state index contributed by atoms with van der Waals surface area (Å²) in [6, 6.07) is 5.76. The van der Waals surface area contributed by atoms with Crippen molar-refractivity contribution >= 4 is 16.1 Å². The van der Waals surface area contributed by atoms with Gasteiger partial charge >= 0.3 is 6.09 Å². The van der Waals surface area contributed by atoms with E-state index in [0.29, 0.717) is 10.1 Å². The Morgan fingerprint density at radius 1 is 1.15 bits per heavy atom. The number of methoxy groups -OCH3 is 1. The highest BCUT2D eigenvalue weighted by atomic mass is 32.2. The molecule has 1 aromatic rings. The van der Waals surface area contributed by atoms with Crippen LogP contribution in [0.2, 0.25) is 0 Å². The summed E-state index contributed by atoms with van der Waals surface area (Å²) in [6.07, 6.45) is -0.923. The SMILES string of the molecule is COc1ccc(S(=O)(=O)N(C)C(=O)OC(C)(C)C)cc1. The van der Waals surface area contributed by atoms with E-state index < -0.39 is 21.7 Å². The van der Waals surface area contributed by atoms with Crippen LogP contribution in [-0.4, -0.2) is 38.6 Å². The summed E-state index contributed by atoms with van der Waals surface area (Å²) in [7, 11) is -1.29. The zero-order valence-electron chi connectivity index (χ0n) is 12.2. The first-order chi connectivity index (χ1) is 9.08. The molecule has 0 heterocycles. The van der Waals surface area contributed by atoms with E-state index >= 15 is 0 Å². The van der Waals surface area contributed by atoms with Crippen LogP contribution in [0.1, 0.15) is 20.8 Å². The lowest BCUT2D eigenvalue weighted by Gasteiger charge is -2.24. The van der Waals surface area contributed by atoms with Gasteiger partial charge in [0.15, 0.2) is 0 Å². The maximum absolute atomic E-state index is 12.2. The predicted molar refractivity (Wildman–Crippen MR) is 74.2 cm³/mol. The second-order valence-corrected chi connectivity index (χ2v) is 7.10. The lowest BCUT2D eigenvalue weighted by Crippen LogP contribution is -2.38. The number of carbonyl (C=O) groups excluding carboxylic acids is 1. The van der Waals surface area contributed by atoms with Crippen LogP contribution in [0.15, 0.2) is 29.2 Å². The molecule has 0 aliphatic heterocycles. The Labute approximate surface area is 119 Å². The lowest BCUT2D eigenvalue weighted by molar-refractivity contribution is 0.0420. The molecule has 0 N–H and O–H groups in total. The zero-order valence-corrected chi connectivity index (χ0v) is 13.0. The molecule has 0 unspecified atom stereocenters. The quantitative estimate of drug-likeness (QED) is 0.856. The highest BCUT2D eigenvalue weighted by Crippen LogP contribution is 2.20. The fraction of sp³-hybridized carbons (Fsp3) is 0.462. The third-order valence-corrected chi connectivity index (χ3v) is 4.11. The van der Waals surface area contributed by atoms with E-state index in [2.05, 4.69) is 0 Å². The number of nitrogens with zero attached hydrogens (tertiary/aromatic N) is 1. The number of sulfonamides is 1. The summed E-state index contributed by atoms with van der Waals surface area (Å²) in [6.45, 7) is 5.00. The predicted octanol–water partition coefficient (Wildman–Crippen LogP) is 2.25. The van der Waals surface area contributed by atoms with Gasteiger partial charge < -0.3 is 9.47 Å². The minimum Gasteiger partial charge on any atom is -0.497 e. The number of hydrogen-bond acceptors (Lipinski definition) is 5. The Kier molecular flexibility index (Phi) is 4.65. The van der Waals surface area contributed by atoms with Gasteiger partial charge in [-0.05, 0) is 45.0 Å². The van der Waals surface area contributed by atoms with Crippen LogP contribution < -0.4 is 4.74 Å². The Balaban J connectivity index is 3.00. The first-order valence-electron chi connectivity index (χ1n) is 5.94. The van der Waals surface area contributed by atoms with Crippen molar-refractivity contribution in [1.82, 2.24) is 4.31 Å². The van der Waals surface area contributed by atoms with Crippen LogP contribution in [0.5, 0.6) is 5.75 Å². The Hall–Kier alpha value is -1.76. The number of amides is 1. The third-order valence-electron chi connectivity index (χ3n) is 2.37. The van der Waals surface area contributed by atoms with Gasteiger partial charge in [0.2, 0.25) is 0 Å². The molecule has 1 rings (SSSR count). The van der Waals surface area contributed by atoms with Crippen molar-refractivity contribution in [2.45, 2.75) is 31.3 Å². The second kappa shape index (κ2) is 5.70. The lowest BCUT2D eigenvalue weighted by atomic mass is 10.2. The van der Waals surface area contributed by atoms with Crippen LogP contribution in [0.25, 0.3) is 0 Å². The minimum absolute atomic E-state index is 0.00772. The van der Waals surface area contributed by atoms with E-state index in [0.717, 1.165) is 7.05 Å². The molecule has 0 atom stereocenters. The molecule has 1 aromatic carbocycles. The van der Waals surface area contributed by atoms with Gasteiger partial charge in [-0.1, -0.05) is 0 Å². The smallest absolute Gasteiger partial charge is 0.424 e. The maximum Gasteiger partial charge on any atom is 0.424 e. The first-order valence-corrected chi connectivity index (χ1v) is 7.38. The van der Waals surface area contributed by atoms with E-state index in [9.17, 15) is 13.2 Å². The largest absolute Gasteiger partial charge is 0.497 e. The van der Waals surface area contributed by atoms with Crippen molar-refractivity contribution in [3.05, 3.63) is 24.3 Å². The molecule has 0 radical (unpaired) electrons. The van der Waals surface area contributed by atoms with Crippen LogP contribution in [0.3, 0.4) is 0 Å². The topological polar surface area (TPSA) is 72.9 Å². The third kappa shape index (κ3) is 3.86. The number of hydrogen-bond donors (Lipinski definition) is 0. The molecule has 0 aliphatic rings. The number of ether oxygens (including phenoxy) is 2. The molecular weight excluding hydrogens is 282 g/mol. The molecule has 0 saturated carbocycles. The van der Waals surface area contributed by atoms with E-state index in [1.54, 1.807) is 20.8 Å². The van der Waals surface area contributed by atoms with Crippen molar-refractivity contribution in [3.8, 4) is 5.75 Å². The van der Waals surface area contributed by atoms with E-state index in [1.165, 1.54) is 31.4 Å². The minimum atomic E-state index is -3.93. The molecule has 1 amide bonds. The summed E-state index contributed by atoms with van der Waals surface area (Å²) < 4.78 is 35.1. The highest BCUT2D eigenvalue weighted by Gasteiger charge is 2.29. The van der Waals surface area contributed by atoms with E-state index in [4.69, 9.17) is 9.47 Å². The molecule has 0 fully saturated rings. The molecular formula is C13H19NO5S. The number of benzene rings is 1. The second-order valence-electron chi connectivity index (χ2n) is 5.13. The normalized spacial score (nSPS) is 11.8. The first kappa shape index (κ1) is 16.3. The van der Waals surface area contributed by atoms with Crippen molar-refractivity contribution in [2.75, 3.05) is 14.2 Å². The fourth-order valence-corrected chi connectivity index (χ4v) is 2.36. The summed E-state index contributed by atoms with van der Waals surface area (Å²) in [4.78, 5) is 11.8. The van der Waals surface area contributed by atoms with Crippen molar-refractivity contribution < 1.29 is 22.7 Å². The molecule has 7 heteroatoms. The average molecular weight is 301 g/mol. The molecule has 6 nitrogen and oxygen atoms in total. The van der Waals surface area contributed by atoms with Crippen LogP contribution in [-0.2, 0) is 14.8 Å². The standard InChI is InChI=1S/C13H19NO5S/c1-13(2,3)19-12(15)14(4)20(16,17)11-8-6-10(18-5)7-9-11/h6-9H,1-5H3. The van der Waals surface area contributed by atoms with Gasteiger partial charge in [0.1, 0.15) is 11.4 Å². The maximum atomic E-state index is 12.2. The molecule has 0 saturated heterocycles. The van der Waals surface area contributed by atoms with Crippen molar-refractivity contribution in [1.29, 1.82) is 0 Å². The molecule has 0 aliphatic carbocycles. The number of rotatable bonds is 3. The van der Waals surface area contributed by atoms with E-state index in [-0.39, 0.29) is 4.90 Å². The van der Waals surface area contributed by atoms with Gasteiger partial charge in [-0.25, -0.2) is 17.5 Å². The molecule has 0 bridgehead atoms. The van der Waals surface area contributed by atoms with E-state index in [1.807, 2.05) is 0 Å². The Morgan fingerprint density at radius 3 is 2.05 bits per heavy atom. The average Bonchev–Trinajstić information content (AvgIpc) is 2.35. The zero-order chi connectivity index (χ0) is 15.6. The van der Waals surface area contributed by atoms with Crippen molar-refractivity contribution in [3.63, 3.8) is 0 Å². The summed E-state index contributed by atoms with van der Waals surface area (Å²) in [5, 5.41) is 0. The molecule has 20 heavy (non-hydrogen) atoms. The van der Waals surface area contributed by atoms with Gasteiger partial charge in [-0.3, -0.25) is 0 Å². The van der Waals surface area contributed by atoms with Crippen LogP contribution in [0.4, 0.5) is 4.79 Å². The number of carbonyl (C=O) groups is 1. The fourth-order valence-electron chi connectivity index (χ4n) is 1.33.